The number of nitrogens with zero attached hydrogens (tertiary/aromatic N) is 3. The summed E-state index contributed by atoms with van der Waals surface area (Å²) in [5.74, 6) is -0.110. The number of benzene rings is 2. The predicted octanol–water partition coefficient (Wildman–Crippen LogP) is 2.48. The number of rotatable bonds is 4. The molecule has 29 heavy (non-hydrogen) atoms. The van der Waals surface area contributed by atoms with Crippen LogP contribution in [0, 0.1) is 0 Å². The van der Waals surface area contributed by atoms with Gasteiger partial charge >= 0.3 is 0 Å². The second-order valence-corrected chi connectivity index (χ2v) is 6.51. The van der Waals surface area contributed by atoms with Crippen molar-refractivity contribution >= 4 is 33.7 Å². The van der Waals surface area contributed by atoms with Crippen molar-refractivity contribution in [3.63, 3.8) is 0 Å². The van der Waals surface area contributed by atoms with Crippen LogP contribution in [-0.4, -0.2) is 35.7 Å². The van der Waals surface area contributed by atoms with Crippen LogP contribution in [0.1, 0.15) is 5.69 Å². The van der Waals surface area contributed by atoms with Gasteiger partial charge in [-0.15, -0.1) is 0 Å². The smallest absolute Gasteiger partial charge is 0.225 e. The summed E-state index contributed by atoms with van der Waals surface area (Å²) in [6.07, 6.45) is 2.66. The number of methoxy groups -OCH3 is 1. The third kappa shape index (κ3) is 3.12. The maximum Gasteiger partial charge on any atom is 0.225 e. The standard InChI is InChI=1S/C22H18N4O3/c1-26(13-7-9-14(29-2)10-8-13)17-11-18(27)19(20(23)22(17)28)21-15-5-3-4-6-16(15)24-12-25-21/h3-12H,23H2,1-2H3. The number of nitrogens with two attached hydrogens (primary N) is 1. The molecule has 7 nitrogen and oxygen atoms in total. The van der Waals surface area contributed by atoms with Crippen LogP contribution in [0.25, 0.3) is 16.5 Å². The normalized spacial score (nSPS) is 14.2. The molecule has 0 radical (unpaired) electrons. The van der Waals surface area contributed by atoms with E-state index in [0.29, 0.717) is 22.3 Å². The Bertz CT molecular complexity index is 1190. The molecule has 1 aliphatic rings. The van der Waals surface area contributed by atoms with Crippen LogP contribution in [0.4, 0.5) is 5.69 Å². The van der Waals surface area contributed by atoms with E-state index in [1.54, 1.807) is 49.4 Å². The molecule has 0 fully saturated rings. The largest absolute Gasteiger partial charge is 0.497 e. The van der Waals surface area contributed by atoms with Crippen molar-refractivity contribution in [1.82, 2.24) is 9.97 Å². The number of Topliss-reactive ketones (excluding diaryl/α,β-unsaturated/α-hetero) is 1. The lowest BCUT2D eigenvalue weighted by molar-refractivity contribution is -0.114. The fraction of sp³-hybridized carbons (Fsp3) is 0.0909. The first kappa shape index (κ1) is 18.4. The Labute approximate surface area is 167 Å². The number of carbonyl (C=O) groups is 2. The van der Waals surface area contributed by atoms with E-state index in [9.17, 15) is 9.59 Å². The Morgan fingerprint density at radius 2 is 1.72 bits per heavy atom. The zero-order valence-corrected chi connectivity index (χ0v) is 15.9. The molecule has 1 heterocycles. The third-order valence-electron chi connectivity index (χ3n) is 4.86. The van der Waals surface area contributed by atoms with E-state index in [1.807, 2.05) is 18.2 Å². The number of fused-ring (bicyclic) bond motifs is 1. The summed E-state index contributed by atoms with van der Waals surface area (Å²) in [5, 5.41) is 0.662. The van der Waals surface area contributed by atoms with Crippen molar-refractivity contribution < 1.29 is 14.3 Å². The van der Waals surface area contributed by atoms with E-state index >= 15 is 0 Å². The first-order valence-corrected chi connectivity index (χ1v) is 8.89. The third-order valence-corrected chi connectivity index (χ3v) is 4.86. The highest BCUT2D eigenvalue weighted by Crippen LogP contribution is 2.31. The van der Waals surface area contributed by atoms with Crippen LogP contribution in [0.5, 0.6) is 5.75 Å². The molecule has 7 heteroatoms. The summed E-state index contributed by atoms with van der Waals surface area (Å²) in [6, 6.07) is 14.4. The van der Waals surface area contributed by atoms with Gasteiger partial charge in [0.15, 0.2) is 5.78 Å². The topological polar surface area (TPSA) is 98.4 Å². The van der Waals surface area contributed by atoms with Crippen LogP contribution < -0.4 is 15.4 Å². The fourth-order valence-electron chi connectivity index (χ4n) is 3.29. The summed E-state index contributed by atoms with van der Waals surface area (Å²) in [5.41, 5.74) is 8.06. The number of anilines is 1. The quantitative estimate of drug-likeness (QED) is 0.688. The highest BCUT2D eigenvalue weighted by molar-refractivity contribution is 6.38. The molecule has 2 N–H and O–H groups in total. The van der Waals surface area contributed by atoms with Gasteiger partial charge in [-0.1, -0.05) is 18.2 Å². The minimum absolute atomic E-state index is 0.0977. The molecule has 0 unspecified atom stereocenters. The summed E-state index contributed by atoms with van der Waals surface area (Å²) >= 11 is 0. The van der Waals surface area contributed by atoms with Gasteiger partial charge in [0, 0.05) is 24.2 Å². The molecule has 0 saturated heterocycles. The molecule has 0 aliphatic heterocycles. The number of ether oxygens (including phenoxy) is 1. The Hall–Kier alpha value is -4.00. The summed E-state index contributed by atoms with van der Waals surface area (Å²) in [7, 11) is 3.28. The van der Waals surface area contributed by atoms with Crippen molar-refractivity contribution in [3.05, 3.63) is 78.0 Å². The highest BCUT2D eigenvalue weighted by atomic mass is 16.5. The molecule has 2 aromatic carbocycles. The lowest BCUT2D eigenvalue weighted by Crippen LogP contribution is -2.32. The number of ketones is 2. The van der Waals surface area contributed by atoms with E-state index in [4.69, 9.17) is 10.5 Å². The molecular formula is C22H18N4O3. The lowest BCUT2D eigenvalue weighted by atomic mass is 9.92. The number of allylic oxidation sites excluding steroid dienone is 2. The molecule has 0 spiro atoms. The molecule has 0 atom stereocenters. The van der Waals surface area contributed by atoms with E-state index < -0.39 is 5.78 Å². The maximum absolute atomic E-state index is 13.0. The Morgan fingerprint density at radius 3 is 2.45 bits per heavy atom. The van der Waals surface area contributed by atoms with Crippen LogP contribution in [0.2, 0.25) is 0 Å². The zero-order chi connectivity index (χ0) is 20.5. The second kappa shape index (κ2) is 7.20. The first-order chi connectivity index (χ1) is 14.0. The summed E-state index contributed by atoms with van der Waals surface area (Å²) < 4.78 is 5.15. The average Bonchev–Trinajstić information content (AvgIpc) is 2.76. The molecule has 0 amide bonds. The van der Waals surface area contributed by atoms with Gasteiger partial charge in [0.2, 0.25) is 5.78 Å². The number of para-hydroxylation sites is 1. The maximum atomic E-state index is 13.0. The molecule has 0 saturated carbocycles. The van der Waals surface area contributed by atoms with Crippen molar-refractivity contribution in [2.45, 2.75) is 0 Å². The predicted molar refractivity (Wildman–Crippen MR) is 110 cm³/mol. The molecule has 1 aliphatic carbocycles. The number of hydrogen-bond donors (Lipinski definition) is 1. The van der Waals surface area contributed by atoms with Gasteiger partial charge in [-0.2, -0.15) is 0 Å². The minimum Gasteiger partial charge on any atom is -0.497 e. The van der Waals surface area contributed by atoms with Crippen molar-refractivity contribution in [2.75, 3.05) is 19.1 Å². The van der Waals surface area contributed by atoms with E-state index in [2.05, 4.69) is 9.97 Å². The molecule has 144 valence electrons. The number of carbonyl (C=O) groups excluding carboxylic acids is 2. The Kier molecular flexibility index (Phi) is 4.56. The van der Waals surface area contributed by atoms with Crippen LogP contribution >= 0.6 is 0 Å². The van der Waals surface area contributed by atoms with Gasteiger partial charge in [-0.3, -0.25) is 9.59 Å². The van der Waals surface area contributed by atoms with Crippen LogP contribution in [0.3, 0.4) is 0 Å². The molecule has 3 aromatic rings. The fourth-order valence-corrected chi connectivity index (χ4v) is 3.29. The van der Waals surface area contributed by atoms with Crippen molar-refractivity contribution in [2.24, 2.45) is 5.73 Å². The van der Waals surface area contributed by atoms with Gasteiger partial charge in [0.25, 0.3) is 0 Å². The van der Waals surface area contributed by atoms with Crippen molar-refractivity contribution in [3.8, 4) is 5.75 Å². The lowest BCUT2D eigenvalue weighted by Gasteiger charge is -2.25. The zero-order valence-electron chi connectivity index (χ0n) is 15.9. The monoisotopic (exact) mass is 386 g/mol. The minimum atomic E-state index is -0.430. The van der Waals surface area contributed by atoms with Gasteiger partial charge in [-0.25, -0.2) is 9.97 Å². The van der Waals surface area contributed by atoms with E-state index in [0.717, 1.165) is 5.69 Å². The van der Waals surface area contributed by atoms with Crippen LogP contribution in [0.15, 0.2) is 72.3 Å². The SMILES string of the molecule is COc1ccc(N(C)C2=CC(=O)C(c3ncnc4ccccc34)=C(N)C2=O)cc1. The molecule has 0 bridgehead atoms. The Balaban J connectivity index is 1.75. The highest BCUT2D eigenvalue weighted by Gasteiger charge is 2.31. The number of hydrogen-bond acceptors (Lipinski definition) is 7. The van der Waals surface area contributed by atoms with E-state index in [-0.39, 0.29) is 22.8 Å². The van der Waals surface area contributed by atoms with Gasteiger partial charge in [-0.05, 0) is 30.3 Å². The van der Waals surface area contributed by atoms with E-state index in [1.165, 1.54) is 12.4 Å². The second-order valence-electron chi connectivity index (χ2n) is 6.51. The van der Waals surface area contributed by atoms with Gasteiger partial charge in [0.05, 0.1) is 35.3 Å². The first-order valence-electron chi connectivity index (χ1n) is 8.89. The van der Waals surface area contributed by atoms with Crippen LogP contribution in [-0.2, 0) is 9.59 Å². The summed E-state index contributed by atoms with van der Waals surface area (Å²) in [6.45, 7) is 0. The number of likely N-dealkylation sites (N-methyl/N-ethyl adjacent to an activating group) is 1. The average molecular weight is 386 g/mol. The molecule has 4 rings (SSSR count). The Morgan fingerprint density at radius 1 is 1.00 bits per heavy atom. The summed E-state index contributed by atoms with van der Waals surface area (Å²) in [4.78, 5) is 36.0. The molecule has 1 aromatic heterocycles. The van der Waals surface area contributed by atoms with Crippen molar-refractivity contribution in [1.29, 1.82) is 0 Å². The van der Waals surface area contributed by atoms with Gasteiger partial charge < -0.3 is 15.4 Å². The molecular weight excluding hydrogens is 368 g/mol. The number of aromatic nitrogens is 2. The van der Waals surface area contributed by atoms with Gasteiger partial charge in [0.1, 0.15) is 12.1 Å².